The largest absolute Gasteiger partial charge is 0.478 e. The number of para-hydroxylation sites is 1. The number of nitrogens with one attached hydrogen (secondary N) is 1. The Balaban J connectivity index is 1.56. The van der Waals surface area contributed by atoms with Crippen molar-refractivity contribution < 1.29 is 19.1 Å². The standard InChI is InChI=1S/C23H15NO5/c25-21(24-18-11-9-16(10-12-18)22(26)27)15-7-5-14(6-8-15)19-13-17-3-1-2-4-20(17)29-23(19)28/h1-13H,(H,24,25)(H,26,27). The molecule has 3 aromatic carbocycles. The molecule has 0 bridgehead atoms. The van der Waals surface area contributed by atoms with E-state index in [2.05, 4.69) is 5.32 Å². The number of carbonyl (C=O) groups excluding carboxylic acids is 1. The first kappa shape index (κ1) is 18.2. The van der Waals surface area contributed by atoms with Crippen LogP contribution in [-0.4, -0.2) is 17.0 Å². The molecule has 0 aliphatic heterocycles. The van der Waals surface area contributed by atoms with Crippen molar-refractivity contribution in [2.24, 2.45) is 0 Å². The van der Waals surface area contributed by atoms with E-state index in [4.69, 9.17) is 9.52 Å². The van der Waals surface area contributed by atoms with Gasteiger partial charge in [0.1, 0.15) is 5.58 Å². The summed E-state index contributed by atoms with van der Waals surface area (Å²) in [5, 5.41) is 12.4. The number of rotatable bonds is 4. The minimum absolute atomic E-state index is 0.140. The van der Waals surface area contributed by atoms with Crippen LogP contribution >= 0.6 is 0 Å². The van der Waals surface area contributed by atoms with Crippen molar-refractivity contribution in [3.8, 4) is 11.1 Å². The summed E-state index contributed by atoms with van der Waals surface area (Å²) in [6.45, 7) is 0. The Hall–Kier alpha value is -4.19. The molecule has 0 saturated carbocycles. The minimum Gasteiger partial charge on any atom is -0.478 e. The monoisotopic (exact) mass is 385 g/mol. The lowest BCUT2D eigenvalue weighted by molar-refractivity contribution is 0.0696. The van der Waals surface area contributed by atoms with Crippen LogP contribution in [0, 0.1) is 0 Å². The molecule has 6 heteroatoms. The molecule has 1 heterocycles. The summed E-state index contributed by atoms with van der Waals surface area (Å²) in [5.41, 5.74) is 2.17. The molecular formula is C23H15NO5. The highest BCUT2D eigenvalue weighted by Gasteiger charge is 2.11. The number of hydrogen-bond donors (Lipinski definition) is 2. The Morgan fingerprint density at radius 1 is 0.828 bits per heavy atom. The number of carboxylic acids is 1. The van der Waals surface area contributed by atoms with E-state index in [0.29, 0.717) is 28.0 Å². The lowest BCUT2D eigenvalue weighted by Crippen LogP contribution is -2.12. The van der Waals surface area contributed by atoms with Gasteiger partial charge in [0, 0.05) is 16.6 Å². The van der Waals surface area contributed by atoms with Crippen LogP contribution in [-0.2, 0) is 0 Å². The number of benzene rings is 3. The number of fused-ring (bicyclic) bond motifs is 1. The van der Waals surface area contributed by atoms with Gasteiger partial charge >= 0.3 is 11.6 Å². The van der Waals surface area contributed by atoms with Crippen LogP contribution in [0.25, 0.3) is 22.1 Å². The quantitative estimate of drug-likeness (QED) is 0.507. The molecule has 0 fully saturated rings. The predicted molar refractivity (Wildman–Crippen MR) is 109 cm³/mol. The normalized spacial score (nSPS) is 10.6. The van der Waals surface area contributed by atoms with Crippen molar-refractivity contribution >= 4 is 28.5 Å². The number of amides is 1. The number of hydrogen-bond acceptors (Lipinski definition) is 4. The van der Waals surface area contributed by atoms with Crippen LogP contribution in [0.2, 0.25) is 0 Å². The van der Waals surface area contributed by atoms with Gasteiger partial charge in [-0.05, 0) is 54.1 Å². The van der Waals surface area contributed by atoms with Gasteiger partial charge in [-0.2, -0.15) is 0 Å². The Morgan fingerprint density at radius 2 is 1.48 bits per heavy atom. The van der Waals surface area contributed by atoms with Gasteiger partial charge < -0.3 is 14.8 Å². The summed E-state index contributed by atoms with van der Waals surface area (Å²) in [7, 11) is 0. The smallest absolute Gasteiger partial charge is 0.344 e. The Kier molecular flexibility index (Phi) is 4.66. The second kappa shape index (κ2) is 7.44. The Bertz CT molecular complexity index is 1270. The molecule has 0 aliphatic rings. The van der Waals surface area contributed by atoms with E-state index in [1.165, 1.54) is 24.3 Å². The maximum atomic E-state index is 12.4. The molecule has 0 atom stereocenters. The van der Waals surface area contributed by atoms with Gasteiger partial charge in [0.25, 0.3) is 5.91 Å². The summed E-state index contributed by atoms with van der Waals surface area (Å²) < 4.78 is 5.35. The van der Waals surface area contributed by atoms with Crippen LogP contribution in [0.15, 0.2) is 88.1 Å². The van der Waals surface area contributed by atoms with Gasteiger partial charge in [-0.15, -0.1) is 0 Å². The maximum Gasteiger partial charge on any atom is 0.344 e. The number of aromatic carboxylic acids is 1. The van der Waals surface area contributed by atoms with Gasteiger partial charge in [-0.1, -0.05) is 30.3 Å². The maximum absolute atomic E-state index is 12.4. The third-order valence-electron chi connectivity index (χ3n) is 4.49. The minimum atomic E-state index is -1.03. The average Bonchev–Trinajstić information content (AvgIpc) is 2.74. The summed E-state index contributed by atoms with van der Waals surface area (Å²) in [4.78, 5) is 35.6. The second-order valence-electron chi connectivity index (χ2n) is 6.40. The van der Waals surface area contributed by atoms with Crippen LogP contribution in [0.5, 0.6) is 0 Å². The van der Waals surface area contributed by atoms with E-state index in [0.717, 1.165) is 5.39 Å². The molecule has 0 unspecified atom stereocenters. The molecule has 142 valence electrons. The first-order valence-corrected chi connectivity index (χ1v) is 8.79. The number of carbonyl (C=O) groups is 2. The molecule has 1 amide bonds. The molecule has 4 aromatic rings. The third-order valence-corrected chi connectivity index (χ3v) is 4.49. The van der Waals surface area contributed by atoms with Gasteiger partial charge in [0.2, 0.25) is 0 Å². The third kappa shape index (κ3) is 3.77. The van der Waals surface area contributed by atoms with E-state index >= 15 is 0 Å². The summed E-state index contributed by atoms with van der Waals surface area (Å²) >= 11 is 0. The van der Waals surface area contributed by atoms with Crippen molar-refractivity contribution in [3.05, 3.63) is 100 Å². The molecule has 0 radical (unpaired) electrons. The Labute approximate surface area is 165 Å². The zero-order chi connectivity index (χ0) is 20.4. The average molecular weight is 385 g/mol. The van der Waals surface area contributed by atoms with Gasteiger partial charge in [0.15, 0.2) is 0 Å². The van der Waals surface area contributed by atoms with Crippen molar-refractivity contribution in [2.75, 3.05) is 5.32 Å². The predicted octanol–water partition coefficient (Wildman–Crippen LogP) is 4.41. The number of anilines is 1. The SMILES string of the molecule is O=C(O)c1ccc(NC(=O)c2ccc(-c3cc4ccccc4oc3=O)cc2)cc1. The van der Waals surface area contributed by atoms with E-state index in [9.17, 15) is 14.4 Å². The molecule has 4 rings (SSSR count). The van der Waals surface area contributed by atoms with Crippen LogP contribution in [0.1, 0.15) is 20.7 Å². The summed E-state index contributed by atoms with van der Waals surface area (Å²) in [6, 6.07) is 21.5. The fraction of sp³-hybridized carbons (Fsp3) is 0. The van der Waals surface area contributed by atoms with Crippen molar-refractivity contribution in [2.45, 2.75) is 0 Å². The first-order chi connectivity index (χ1) is 14.0. The molecule has 1 aromatic heterocycles. The molecule has 0 saturated heterocycles. The fourth-order valence-corrected chi connectivity index (χ4v) is 2.96. The van der Waals surface area contributed by atoms with Crippen LogP contribution < -0.4 is 10.9 Å². The Morgan fingerprint density at radius 3 is 2.17 bits per heavy atom. The van der Waals surface area contributed by atoms with E-state index in [1.807, 2.05) is 12.1 Å². The first-order valence-electron chi connectivity index (χ1n) is 8.79. The zero-order valence-electron chi connectivity index (χ0n) is 15.1. The van der Waals surface area contributed by atoms with E-state index in [1.54, 1.807) is 42.5 Å². The summed E-state index contributed by atoms with van der Waals surface area (Å²) in [6.07, 6.45) is 0. The van der Waals surface area contributed by atoms with Crippen molar-refractivity contribution in [3.63, 3.8) is 0 Å². The molecule has 6 nitrogen and oxygen atoms in total. The fourth-order valence-electron chi connectivity index (χ4n) is 2.96. The van der Waals surface area contributed by atoms with Crippen LogP contribution in [0.4, 0.5) is 5.69 Å². The van der Waals surface area contributed by atoms with Gasteiger partial charge in [0.05, 0.1) is 11.1 Å². The van der Waals surface area contributed by atoms with E-state index in [-0.39, 0.29) is 11.5 Å². The summed E-state index contributed by atoms with van der Waals surface area (Å²) in [5.74, 6) is -1.37. The topological polar surface area (TPSA) is 96.6 Å². The number of carboxylic acid groups (broad SMARTS) is 1. The lowest BCUT2D eigenvalue weighted by atomic mass is 10.0. The molecule has 0 spiro atoms. The highest BCUT2D eigenvalue weighted by atomic mass is 16.4. The lowest BCUT2D eigenvalue weighted by Gasteiger charge is -2.07. The molecule has 29 heavy (non-hydrogen) atoms. The molecular weight excluding hydrogens is 370 g/mol. The molecule has 0 aliphatic carbocycles. The second-order valence-corrected chi connectivity index (χ2v) is 6.40. The van der Waals surface area contributed by atoms with E-state index < -0.39 is 11.6 Å². The highest BCUT2D eigenvalue weighted by molar-refractivity contribution is 6.04. The van der Waals surface area contributed by atoms with Gasteiger partial charge in [-0.25, -0.2) is 9.59 Å². The van der Waals surface area contributed by atoms with Gasteiger partial charge in [-0.3, -0.25) is 4.79 Å². The van der Waals surface area contributed by atoms with Crippen molar-refractivity contribution in [1.82, 2.24) is 0 Å². The zero-order valence-corrected chi connectivity index (χ0v) is 15.1. The van der Waals surface area contributed by atoms with Crippen molar-refractivity contribution in [1.29, 1.82) is 0 Å². The van der Waals surface area contributed by atoms with Crippen LogP contribution in [0.3, 0.4) is 0 Å². The highest BCUT2D eigenvalue weighted by Crippen LogP contribution is 2.22. The molecule has 2 N–H and O–H groups in total.